The van der Waals surface area contributed by atoms with Crippen LogP contribution in [0.1, 0.15) is 11.1 Å². The predicted octanol–water partition coefficient (Wildman–Crippen LogP) is 3.26. The number of carbonyl (C=O) groups excluding carboxylic acids is 1. The van der Waals surface area contributed by atoms with Gasteiger partial charge in [-0.25, -0.2) is 0 Å². The molecule has 0 unspecified atom stereocenters. The van der Waals surface area contributed by atoms with E-state index in [-0.39, 0.29) is 28.1 Å². The zero-order chi connectivity index (χ0) is 20.0. The SMILES string of the molecule is Cc1ccc(OCC(=O)NNC(=S)Nc2cc([N+](=O)[O-])ccc2Cl)cc1C. The van der Waals surface area contributed by atoms with Crippen LogP contribution in [0.4, 0.5) is 11.4 Å². The molecule has 0 aliphatic heterocycles. The fourth-order valence-corrected chi connectivity index (χ4v) is 2.32. The number of nitrogens with one attached hydrogen (secondary N) is 3. The fraction of sp³-hybridized carbons (Fsp3) is 0.176. The van der Waals surface area contributed by atoms with Crippen molar-refractivity contribution in [3.8, 4) is 5.75 Å². The van der Waals surface area contributed by atoms with Crippen molar-refractivity contribution in [2.24, 2.45) is 0 Å². The van der Waals surface area contributed by atoms with Gasteiger partial charge in [-0.05, 0) is 55.4 Å². The molecule has 0 aliphatic carbocycles. The predicted molar refractivity (Wildman–Crippen MR) is 107 cm³/mol. The highest BCUT2D eigenvalue weighted by Gasteiger charge is 2.11. The van der Waals surface area contributed by atoms with Crippen LogP contribution in [-0.4, -0.2) is 22.5 Å². The van der Waals surface area contributed by atoms with Gasteiger partial charge in [-0.2, -0.15) is 0 Å². The third-order valence-electron chi connectivity index (χ3n) is 3.57. The summed E-state index contributed by atoms with van der Waals surface area (Å²) in [6, 6.07) is 9.41. The van der Waals surface area contributed by atoms with Gasteiger partial charge in [-0.3, -0.25) is 25.8 Å². The number of carbonyl (C=O) groups is 1. The summed E-state index contributed by atoms with van der Waals surface area (Å²) < 4.78 is 5.40. The van der Waals surface area contributed by atoms with Crippen molar-refractivity contribution >= 4 is 46.2 Å². The Hall–Kier alpha value is -2.91. The van der Waals surface area contributed by atoms with Crippen molar-refractivity contribution < 1.29 is 14.5 Å². The highest BCUT2D eigenvalue weighted by molar-refractivity contribution is 7.80. The zero-order valence-electron chi connectivity index (χ0n) is 14.5. The molecule has 2 rings (SSSR count). The molecule has 0 atom stereocenters. The molecule has 1 amide bonds. The van der Waals surface area contributed by atoms with Gasteiger partial charge >= 0.3 is 0 Å². The topological polar surface area (TPSA) is 106 Å². The number of hydrogen-bond acceptors (Lipinski definition) is 5. The molecule has 0 aromatic heterocycles. The van der Waals surface area contributed by atoms with Gasteiger partial charge in [0.1, 0.15) is 5.75 Å². The minimum atomic E-state index is -0.552. The van der Waals surface area contributed by atoms with Crippen LogP contribution in [0.5, 0.6) is 5.75 Å². The Morgan fingerprint density at radius 3 is 2.59 bits per heavy atom. The third kappa shape index (κ3) is 6.08. The molecular formula is C17H17ClN4O4S. The Morgan fingerprint density at radius 2 is 1.93 bits per heavy atom. The third-order valence-corrected chi connectivity index (χ3v) is 4.11. The lowest BCUT2D eigenvalue weighted by molar-refractivity contribution is -0.384. The van der Waals surface area contributed by atoms with Gasteiger partial charge in [0.05, 0.1) is 15.6 Å². The number of aryl methyl sites for hydroxylation is 2. The van der Waals surface area contributed by atoms with Gasteiger partial charge in [0.25, 0.3) is 11.6 Å². The monoisotopic (exact) mass is 408 g/mol. The minimum absolute atomic E-state index is 0.0110. The number of rotatable bonds is 5. The summed E-state index contributed by atoms with van der Waals surface area (Å²) in [5.41, 5.74) is 7.12. The number of hydrogen-bond donors (Lipinski definition) is 3. The van der Waals surface area contributed by atoms with Gasteiger partial charge in [0, 0.05) is 12.1 Å². The Bertz CT molecular complexity index is 891. The summed E-state index contributed by atoms with van der Waals surface area (Å²) in [5.74, 6) is 0.125. The van der Waals surface area contributed by atoms with E-state index in [1.165, 1.54) is 18.2 Å². The van der Waals surface area contributed by atoms with Gasteiger partial charge < -0.3 is 10.1 Å². The first kappa shape index (κ1) is 20.4. The summed E-state index contributed by atoms with van der Waals surface area (Å²) in [6.45, 7) is 3.72. The number of amides is 1. The Labute approximate surface area is 166 Å². The van der Waals surface area contributed by atoms with Crippen LogP contribution in [0.25, 0.3) is 0 Å². The maximum absolute atomic E-state index is 11.8. The summed E-state index contributed by atoms with van der Waals surface area (Å²) in [4.78, 5) is 22.1. The van der Waals surface area contributed by atoms with E-state index in [4.69, 9.17) is 28.6 Å². The Balaban J connectivity index is 1.82. The molecule has 3 N–H and O–H groups in total. The smallest absolute Gasteiger partial charge is 0.276 e. The maximum atomic E-state index is 11.8. The van der Waals surface area contributed by atoms with Crippen LogP contribution in [0.2, 0.25) is 5.02 Å². The van der Waals surface area contributed by atoms with Crippen molar-refractivity contribution in [3.05, 3.63) is 62.7 Å². The lowest BCUT2D eigenvalue weighted by Gasteiger charge is -2.13. The Morgan fingerprint density at radius 1 is 1.19 bits per heavy atom. The number of halogens is 1. The van der Waals surface area contributed by atoms with E-state index in [0.29, 0.717) is 5.75 Å². The summed E-state index contributed by atoms with van der Waals surface area (Å²) in [5, 5.41) is 13.7. The first-order chi connectivity index (χ1) is 12.8. The molecule has 2 aromatic rings. The minimum Gasteiger partial charge on any atom is -0.484 e. The average Bonchev–Trinajstić information content (AvgIpc) is 2.62. The van der Waals surface area contributed by atoms with Crippen LogP contribution in [0.15, 0.2) is 36.4 Å². The summed E-state index contributed by atoms with van der Waals surface area (Å²) in [7, 11) is 0. The van der Waals surface area contributed by atoms with E-state index in [2.05, 4.69) is 16.2 Å². The maximum Gasteiger partial charge on any atom is 0.276 e. The van der Waals surface area contributed by atoms with Gasteiger partial charge in [-0.15, -0.1) is 0 Å². The van der Waals surface area contributed by atoms with E-state index < -0.39 is 10.8 Å². The fourth-order valence-electron chi connectivity index (χ4n) is 1.99. The highest BCUT2D eigenvalue weighted by atomic mass is 35.5. The average molecular weight is 409 g/mol. The van der Waals surface area contributed by atoms with Crippen LogP contribution in [-0.2, 0) is 4.79 Å². The molecule has 0 aliphatic rings. The normalized spacial score (nSPS) is 10.0. The number of ether oxygens (including phenoxy) is 1. The van der Waals surface area contributed by atoms with Gasteiger partial charge in [0.2, 0.25) is 0 Å². The molecule has 0 saturated heterocycles. The molecule has 0 fully saturated rings. The van der Waals surface area contributed by atoms with Crippen molar-refractivity contribution in [1.82, 2.24) is 10.9 Å². The van der Waals surface area contributed by atoms with E-state index >= 15 is 0 Å². The number of thiocarbonyl (C=S) groups is 1. The molecular weight excluding hydrogens is 392 g/mol. The molecule has 10 heteroatoms. The summed E-state index contributed by atoms with van der Waals surface area (Å²) in [6.07, 6.45) is 0. The molecule has 0 heterocycles. The molecule has 0 saturated carbocycles. The number of benzene rings is 2. The van der Waals surface area contributed by atoms with E-state index in [0.717, 1.165) is 11.1 Å². The van der Waals surface area contributed by atoms with Crippen molar-refractivity contribution in [3.63, 3.8) is 0 Å². The first-order valence-corrected chi connectivity index (χ1v) is 8.54. The molecule has 142 valence electrons. The number of hydrazine groups is 1. The molecule has 0 radical (unpaired) electrons. The van der Waals surface area contributed by atoms with Crippen molar-refractivity contribution in [2.45, 2.75) is 13.8 Å². The molecule has 0 spiro atoms. The van der Waals surface area contributed by atoms with E-state index in [1.807, 2.05) is 26.0 Å². The largest absolute Gasteiger partial charge is 0.484 e. The molecule has 27 heavy (non-hydrogen) atoms. The second-order valence-corrected chi connectivity index (χ2v) is 6.40. The van der Waals surface area contributed by atoms with Crippen LogP contribution in [0.3, 0.4) is 0 Å². The first-order valence-electron chi connectivity index (χ1n) is 7.76. The van der Waals surface area contributed by atoms with Crippen LogP contribution >= 0.6 is 23.8 Å². The lowest BCUT2D eigenvalue weighted by atomic mass is 10.1. The van der Waals surface area contributed by atoms with Crippen LogP contribution in [0, 0.1) is 24.0 Å². The Kier molecular flexibility index (Phi) is 6.91. The van der Waals surface area contributed by atoms with E-state index in [1.54, 1.807) is 6.07 Å². The quantitative estimate of drug-likeness (QED) is 0.396. The zero-order valence-corrected chi connectivity index (χ0v) is 16.1. The van der Waals surface area contributed by atoms with Crippen LogP contribution < -0.4 is 20.9 Å². The second-order valence-electron chi connectivity index (χ2n) is 5.58. The molecule has 8 nitrogen and oxygen atoms in total. The van der Waals surface area contributed by atoms with Crippen molar-refractivity contribution in [1.29, 1.82) is 0 Å². The van der Waals surface area contributed by atoms with Crippen molar-refractivity contribution in [2.75, 3.05) is 11.9 Å². The highest BCUT2D eigenvalue weighted by Crippen LogP contribution is 2.26. The molecule has 2 aromatic carbocycles. The van der Waals surface area contributed by atoms with Gasteiger partial charge in [-0.1, -0.05) is 17.7 Å². The number of nitro benzene ring substituents is 1. The number of nitrogens with zero attached hydrogens (tertiary/aromatic N) is 1. The van der Waals surface area contributed by atoms with E-state index in [9.17, 15) is 14.9 Å². The van der Waals surface area contributed by atoms with Gasteiger partial charge in [0.15, 0.2) is 11.7 Å². The standard InChI is InChI=1S/C17H17ClN4O4S/c1-10-3-5-13(7-11(10)2)26-9-16(23)20-21-17(27)19-15-8-12(22(24)25)4-6-14(15)18/h3-8H,9H2,1-2H3,(H,20,23)(H2,19,21,27). The molecule has 0 bridgehead atoms. The number of anilines is 1. The number of nitro groups is 1. The second kappa shape index (κ2) is 9.15. The number of non-ortho nitro benzene ring substituents is 1. The lowest BCUT2D eigenvalue weighted by Crippen LogP contribution is -2.45. The summed E-state index contributed by atoms with van der Waals surface area (Å²) >= 11 is 11.0.